The van der Waals surface area contributed by atoms with Gasteiger partial charge in [0.15, 0.2) is 0 Å². The van der Waals surface area contributed by atoms with Crippen molar-refractivity contribution >= 4 is 62.0 Å². The zero-order chi connectivity index (χ0) is 52.6. The second-order valence-electron chi connectivity index (χ2n) is 12.7. The van der Waals surface area contributed by atoms with Gasteiger partial charge in [-0.1, -0.05) is 24.3 Å². The van der Waals surface area contributed by atoms with Crippen LogP contribution in [0, 0.1) is 0 Å². The SMILES string of the molecule is CO.ClCCl.ClCCl.F[P-](F)(F)(F)(F)F.F[P-](F)(F)(F)(F)F.[Co+2].c1ccc(-c2cc(-c3ccncc3)cc(-c3ccccn3)n2)nc1.c1ccc(-c2cc(-c3ccncc3)cc(-c3ccccn3)n2)nc1. The van der Waals surface area contributed by atoms with Crippen molar-refractivity contribution in [3.05, 3.63) is 171 Å². The van der Waals surface area contributed by atoms with Crippen LogP contribution in [0.5, 0.6) is 0 Å². The van der Waals surface area contributed by atoms with Crippen molar-refractivity contribution in [1.82, 2.24) is 39.9 Å². The maximum Gasteiger partial charge on any atom is 2.00 e. The molecule has 0 saturated heterocycles. The monoisotopic (exact) mass is 1170 g/mol. The van der Waals surface area contributed by atoms with Crippen LogP contribution in [0.2, 0.25) is 0 Å². The van der Waals surface area contributed by atoms with Gasteiger partial charge in [0.25, 0.3) is 0 Å². The molecule has 9 nitrogen and oxygen atoms in total. The summed E-state index contributed by atoms with van der Waals surface area (Å²) in [6.07, 6.45) is 14.3. The molecule has 8 aromatic rings. The second kappa shape index (κ2) is 27.1. The molecular formula is C43H36Cl4CoF12N8OP2. The molecular weight excluding hydrogens is 1140 g/mol. The number of aliphatic hydroxyl groups is 1. The molecule has 71 heavy (non-hydrogen) atoms. The fourth-order valence-electron chi connectivity index (χ4n) is 5.07. The van der Waals surface area contributed by atoms with Crippen LogP contribution in [0.3, 0.4) is 0 Å². The van der Waals surface area contributed by atoms with Crippen LogP contribution in [0.15, 0.2) is 171 Å². The predicted molar refractivity (Wildman–Crippen MR) is 256 cm³/mol. The van der Waals surface area contributed by atoms with Crippen LogP contribution in [0.1, 0.15) is 0 Å². The smallest absolute Gasteiger partial charge is 0.265 e. The first-order chi connectivity index (χ1) is 32.5. The summed E-state index contributed by atoms with van der Waals surface area (Å²) in [5, 5.41) is 7.39. The molecule has 0 amide bonds. The number of hydrogen-bond acceptors (Lipinski definition) is 9. The summed E-state index contributed by atoms with van der Waals surface area (Å²) < 4.78 is 118. The van der Waals surface area contributed by atoms with E-state index in [0.717, 1.165) is 74.9 Å². The molecule has 8 aromatic heterocycles. The third kappa shape index (κ3) is 31.0. The van der Waals surface area contributed by atoms with Crippen LogP contribution in [0.4, 0.5) is 50.4 Å². The Labute approximate surface area is 428 Å². The second-order valence-corrected chi connectivity index (χ2v) is 18.2. The Morgan fingerprint density at radius 3 is 0.704 bits per heavy atom. The molecule has 385 valence electrons. The van der Waals surface area contributed by atoms with Crippen molar-refractivity contribution in [1.29, 1.82) is 0 Å². The van der Waals surface area contributed by atoms with Gasteiger partial charge < -0.3 is 5.11 Å². The van der Waals surface area contributed by atoms with Crippen molar-refractivity contribution in [3.63, 3.8) is 0 Å². The quantitative estimate of drug-likeness (QED) is 0.0985. The number of halogens is 16. The van der Waals surface area contributed by atoms with E-state index in [1.54, 1.807) is 49.6 Å². The van der Waals surface area contributed by atoms with E-state index in [2.05, 4.69) is 29.9 Å². The van der Waals surface area contributed by atoms with Gasteiger partial charge in [0.2, 0.25) is 0 Å². The topological polar surface area (TPSA) is 123 Å². The number of hydrogen-bond donors (Lipinski definition) is 1. The fraction of sp³-hybridized carbons (Fsp3) is 0.0698. The third-order valence-electron chi connectivity index (χ3n) is 7.39. The first-order valence-corrected chi connectivity index (χ1v) is 25.0. The molecule has 0 atom stereocenters. The van der Waals surface area contributed by atoms with Gasteiger partial charge in [0, 0.05) is 56.7 Å². The Morgan fingerprint density at radius 1 is 0.338 bits per heavy atom. The maximum atomic E-state index is 9.87. The van der Waals surface area contributed by atoms with E-state index in [4.69, 9.17) is 61.5 Å². The zero-order valence-corrected chi connectivity index (χ0v) is 41.7. The van der Waals surface area contributed by atoms with Crippen LogP contribution in [0.25, 0.3) is 67.8 Å². The van der Waals surface area contributed by atoms with E-state index >= 15 is 0 Å². The van der Waals surface area contributed by atoms with Gasteiger partial charge in [-0.15, -0.1) is 46.4 Å². The summed E-state index contributed by atoms with van der Waals surface area (Å²) in [7, 11) is -20.3. The first kappa shape index (κ1) is 63.9. The van der Waals surface area contributed by atoms with E-state index in [1.165, 1.54) is 0 Å². The van der Waals surface area contributed by atoms with Crippen molar-refractivity contribution in [2.45, 2.75) is 0 Å². The van der Waals surface area contributed by atoms with Gasteiger partial charge >= 0.3 is 82.8 Å². The minimum atomic E-state index is -10.7. The number of aliphatic hydroxyl groups excluding tert-OH is 1. The van der Waals surface area contributed by atoms with E-state index in [0.29, 0.717) is 0 Å². The van der Waals surface area contributed by atoms with Gasteiger partial charge in [-0.3, -0.25) is 29.9 Å². The van der Waals surface area contributed by atoms with Gasteiger partial charge in [0.05, 0.1) is 56.2 Å². The molecule has 28 heteroatoms. The molecule has 0 aliphatic carbocycles. The van der Waals surface area contributed by atoms with Crippen LogP contribution < -0.4 is 0 Å². The minimum absolute atomic E-state index is 0. The van der Waals surface area contributed by atoms with Crippen LogP contribution >= 0.6 is 62.0 Å². The fourth-order valence-corrected chi connectivity index (χ4v) is 5.07. The molecule has 1 radical (unpaired) electrons. The molecule has 0 spiro atoms. The Kier molecular flexibility index (Phi) is 24.3. The Balaban J connectivity index is 0.000000500. The first-order valence-electron chi connectivity index (χ1n) is 18.9. The zero-order valence-electron chi connectivity index (χ0n) is 35.9. The molecule has 0 aromatic carbocycles. The molecule has 0 fully saturated rings. The number of rotatable bonds is 6. The van der Waals surface area contributed by atoms with Gasteiger partial charge in [0.1, 0.15) is 0 Å². The van der Waals surface area contributed by atoms with E-state index in [9.17, 15) is 50.4 Å². The molecule has 8 rings (SSSR count). The Morgan fingerprint density at radius 2 is 0.535 bits per heavy atom. The summed E-state index contributed by atoms with van der Waals surface area (Å²) in [4.78, 5) is 35.4. The van der Waals surface area contributed by atoms with E-state index in [-0.39, 0.29) is 27.5 Å². The molecule has 0 unspecified atom stereocenters. The standard InChI is InChI=1S/2C20H14N4.2CH2Cl2.CH4O.Co.2F6P/c2*1-3-9-22-17(5-1)19-13-16(15-7-11-21-12-8-15)14-20(24-19)18-6-2-4-10-23-18;2*2-1-3;1-2;;2*1-7(2,3,4,5)6/h2*1-14H;2*1H2;2H,1H3;;;/q;;;;;+2;2*-1. The number of aromatic nitrogens is 8. The molecule has 0 aliphatic heterocycles. The largest absolute Gasteiger partial charge is 2.00 e. The molecule has 0 aliphatic rings. The average molecular weight is 1170 g/mol. The Hall–Kier alpha value is -5.15. The van der Waals surface area contributed by atoms with Gasteiger partial charge in [-0.25, -0.2) is 9.97 Å². The third-order valence-corrected chi connectivity index (χ3v) is 7.39. The summed E-state index contributed by atoms with van der Waals surface area (Å²) in [5.74, 6) is 0. The number of nitrogens with zero attached hydrogens (tertiary/aromatic N) is 8. The molecule has 0 bridgehead atoms. The van der Waals surface area contributed by atoms with Crippen LogP contribution in [-0.2, 0) is 16.8 Å². The molecule has 0 saturated carbocycles. The van der Waals surface area contributed by atoms with Gasteiger partial charge in [-0.05, 0) is 119 Å². The summed E-state index contributed by atoms with van der Waals surface area (Å²) >= 11 is 19.1. The molecule has 8 heterocycles. The van der Waals surface area contributed by atoms with Crippen molar-refractivity contribution < 1.29 is 72.2 Å². The molecule has 1 N–H and O–H groups in total. The van der Waals surface area contributed by atoms with E-state index in [1.807, 2.05) is 121 Å². The van der Waals surface area contributed by atoms with E-state index < -0.39 is 15.6 Å². The minimum Gasteiger partial charge on any atom is -0.265 e. The predicted octanol–water partition coefficient (Wildman–Crippen LogP) is 17.7. The van der Waals surface area contributed by atoms with Crippen molar-refractivity contribution in [2.75, 3.05) is 17.8 Å². The Bertz CT molecular complexity index is 2280. The number of pyridine rings is 8. The van der Waals surface area contributed by atoms with Crippen molar-refractivity contribution in [2.24, 2.45) is 0 Å². The summed E-state index contributed by atoms with van der Waals surface area (Å²) in [6, 6.07) is 39.4. The average Bonchev–Trinajstić information content (AvgIpc) is 3.32. The summed E-state index contributed by atoms with van der Waals surface area (Å²) in [5.41, 5.74) is 10.9. The van der Waals surface area contributed by atoms with Gasteiger partial charge in [-0.2, -0.15) is 0 Å². The summed E-state index contributed by atoms with van der Waals surface area (Å²) in [6.45, 7) is 0. The van der Waals surface area contributed by atoms with Crippen LogP contribution in [-0.4, -0.2) is 62.8 Å². The maximum absolute atomic E-state index is 10.7. The number of alkyl halides is 4. The normalized spacial score (nSPS) is 12.3. The van der Waals surface area contributed by atoms with Crippen molar-refractivity contribution in [3.8, 4) is 67.8 Å².